The Morgan fingerprint density at radius 1 is 1.00 bits per heavy atom. The molecule has 3 aromatic rings. The monoisotopic (exact) mass is 254 g/mol. The van der Waals surface area contributed by atoms with E-state index in [4.69, 9.17) is 0 Å². The van der Waals surface area contributed by atoms with Gasteiger partial charge in [-0.1, -0.05) is 41.6 Å². The van der Waals surface area contributed by atoms with E-state index >= 15 is 0 Å². The summed E-state index contributed by atoms with van der Waals surface area (Å²) in [7, 11) is 2.06. The van der Waals surface area contributed by atoms with E-state index in [0.717, 1.165) is 10.7 Å². The van der Waals surface area contributed by atoms with Crippen LogP contribution in [0.5, 0.6) is 0 Å². The van der Waals surface area contributed by atoms with Gasteiger partial charge in [-0.3, -0.25) is 0 Å². The van der Waals surface area contributed by atoms with E-state index < -0.39 is 0 Å². The lowest BCUT2D eigenvalue weighted by atomic mass is 10.2. The van der Waals surface area contributed by atoms with Crippen LogP contribution in [0.2, 0.25) is 0 Å². The van der Waals surface area contributed by atoms with E-state index in [9.17, 15) is 0 Å². The minimum absolute atomic E-state index is 1.03. The summed E-state index contributed by atoms with van der Waals surface area (Å²) in [5.41, 5.74) is 3.51. The molecule has 0 saturated carbocycles. The first-order valence-electron chi connectivity index (χ1n) is 5.90. The largest absolute Gasteiger partial charge is 0.322 e. The number of fused-ring (bicyclic) bond motifs is 1. The fraction of sp³-hybridized carbons (Fsp3) is 0.133. The predicted molar refractivity (Wildman–Crippen MR) is 76.0 cm³/mol. The molecule has 0 fully saturated rings. The molecule has 0 unspecified atom stereocenters. The van der Waals surface area contributed by atoms with E-state index in [1.165, 1.54) is 16.0 Å². The first-order valence-corrected chi connectivity index (χ1v) is 6.72. The molecular weight excluding hydrogens is 240 g/mol. The van der Waals surface area contributed by atoms with Crippen LogP contribution in [0.15, 0.2) is 58.6 Å². The maximum atomic E-state index is 4.66. The predicted octanol–water partition coefficient (Wildman–Crippen LogP) is 4.03. The highest BCUT2D eigenvalue weighted by molar-refractivity contribution is 7.99. The van der Waals surface area contributed by atoms with Gasteiger partial charge < -0.3 is 4.57 Å². The van der Waals surface area contributed by atoms with Gasteiger partial charge in [0, 0.05) is 11.9 Å². The van der Waals surface area contributed by atoms with Gasteiger partial charge in [0.1, 0.15) is 0 Å². The Bertz CT molecular complexity index is 683. The fourth-order valence-electron chi connectivity index (χ4n) is 1.93. The van der Waals surface area contributed by atoms with Crippen molar-refractivity contribution in [3.05, 3.63) is 54.1 Å². The summed E-state index contributed by atoms with van der Waals surface area (Å²) in [5.74, 6) is 0. The molecule has 0 aliphatic carbocycles. The van der Waals surface area contributed by atoms with Crippen LogP contribution in [0, 0.1) is 6.92 Å². The molecule has 0 bridgehead atoms. The van der Waals surface area contributed by atoms with E-state index in [0.29, 0.717) is 0 Å². The number of imidazole rings is 1. The standard InChI is InChI=1S/C15H14N2S/c1-11-7-9-12(10-8-11)18-15-16-13-5-3-4-6-14(13)17(15)2/h3-10H,1-2H3. The van der Waals surface area contributed by atoms with E-state index in [1.54, 1.807) is 11.8 Å². The maximum Gasteiger partial charge on any atom is 0.173 e. The van der Waals surface area contributed by atoms with Crippen molar-refractivity contribution in [1.82, 2.24) is 9.55 Å². The van der Waals surface area contributed by atoms with Gasteiger partial charge in [-0.2, -0.15) is 0 Å². The molecule has 0 spiro atoms. The average molecular weight is 254 g/mol. The number of aromatic nitrogens is 2. The summed E-state index contributed by atoms with van der Waals surface area (Å²) >= 11 is 1.70. The second kappa shape index (κ2) is 4.50. The molecular formula is C15H14N2S. The van der Waals surface area contributed by atoms with Gasteiger partial charge in [0.15, 0.2) is 5.16 Å². The van der Waals surface area contributed by atoms with Crippen molar-refractivity contribution in [2.24, 2.45) is 7.05 Å². The van der Waals surface area contributed by atoms with E-state index in [-0.39, 0.29) is 0 Å². The van der Waals surface area contributed by atoms with Gasteiger partial charge in [0.2, 0.25) is 0 Å². The van der Waals surface area contributed by atoms with Crippen molar-refractivity contribution in [1.29, 1.82) is 0 Å². The molecule has 0 radical (unpaired) electrons. The molecule has 0 atom stereocenters. The lowest BCUT2D eigenvalue weighted by molar-refractivity contribution is 0.815. The summed E-state index contributed by atoms with van der Waals surface area (Å²) in [4.78, 5) is 5.88. The molecule has 90 valence electrons. The minimum Gasteiger partial charge on any atom is -0.322 e. The van der Waals surface area contributed by atoms with Gasteiger partial charge in [-0.25, -0.2) is 4.98 Å². The number of benzene rings is 2. The summed E-state index contributed by atoms with van der Waals surface area (Å²) in [6, 6.07) is 16.8. The Hall–Kier alpha value is -1.74. The lowest BCUT2D eigenvalue weighted by Gasteiger charge is -2.02. The first-order chi connectivity index (χ1) is 8.74. The van der Waals surface area contributed by atoms with Crippen LogP contribution >= 0.6 is 11.8 Å². The van der Waals surface area contributed by atoms with Crippen LogP contribution in [0.1, 0.15) is 5.56 Å². The van der Waals surface area contributed by atoms with Gasteiger partial charge in [-0.05, 0) is 31.2 Å². The molecule has 0 aliphatic heterocycles. The summed E-state index contributed by atoms with van der Waals surface area (Å²) in [6.07, 6.45) is 0. The zero-order valence-electron chi connectivity index (χ0n) is 10.4. The molecule has 18 heavy (non-hydrogen) atoms. The molecule has 0 aliphatic rings. The highest BCUT2D eigenvalue weighted by atomic mass is 32.2. The number of nitrogens with zero attached hydrogens (tertiary/aromatic N) is 2. The summed E-state index contributed by atoms with van der Waals surface area (Å²) in [5, 5.41) is 1.03. The minimum atomic E-state index is 1.03. The number of rotatable bonds is 2. The van der Waals surface area contributed by atoms with Crippen LogP contribution in [0.4, 0.5) is 0 Å². The molecule has 0 amide bonds. The second-order valence-electron chi connectivity index (χ2n) is 4.36. The zero-order chi connectivity index (χ0) is 12.5. The Morgan fingerprint density at radius 3 is 2.44 bits per heavy atom. The average Bonchev–Trinajstić information content (AvgIpc) is 2.70. The Morgan fingerprint density at radius 2 is 1.72 bits per heavy atom. The van der Waals surface area contributed by atoms with Crippen molar-refractivity contribution in [2.45, 2.75) is 17.0 Å². The van der Waals surface area contributed by atoms with Crippen LogP contribution in [0.3, 0.4) is 0 Å². The SMILES string of the molecule is Cc1ccc(Sc2nc3ccccc3n2C)cc1. The smallest absolute Gasteiger partial charge is 0.173 e. The Labute approximate surface area is 111 Å². The number of hydrogen-bond donors (Lipinski definition) is 0. The molecule has 1 heterocycles. The topological polar surface area (TPSA) is 17.8 Å². The Balaban J connectivity index is 1.99. The Kier molecular flexibility index (Phi) is 2.84. The van der Waals surface area contributed by atoms with Crippen molar-refractivity contribution in [3.8, 4) is 0 Å². The molecule has 3 heteroatoms. The lowest BCUT2D eigenvalue weighted by Crippen LogP contribution is -1.89. The maximum absolute atomic E-state index is 4.66. The van der Waals surface area contributed by atoms with Crippen LogP contribution < -0.4 is 0 Å². The normalized spacial score (nSPS) is 11.0. The fourth-order valence-corrected chi connectivity index (χ4v) is 2.79. The van der Waals surface area contributed by atoms with Crippen molar-refractivity contribution in [2.75, 3.05) is 0 Å². The third-order valence-electron chi connectivity index (χ3n) is 2.98. The van der Waals surface area contributed by atoms with E-state index in [1.807, 2.05) is 12.1 Å². The molecule has 0 N–H and O–H groups in total. The van der Waals surface area contributed by atoms with Crippen molar-refractivity contribution < 1.29 is 0 Å². The number of para-hydroxylation sites is 2. The molecule has 0 saturated heterocycles. The highest BCUT2D eigenvalue weighted by Crippen LogP contribution is 2.29. The quantitative estimate of drug-likeness (QED) is 0.687. The first kappa shape index (κ1) is 11.4. The van der Waals surface area contributed by atoms with Crippen LogP contribution in [-0.2, 0) is 7.05 Å². The van der Waals surface area contributed by atoms with Crippen molar-refractivity contribution >= 4 is 22.8 Å². The molecule has 3 rings (SSSR count). The summed E-state index contributed by atoms with van der Waals surface area (Å²) in [6.45, 7) is 2.10. The van der Waals surface area contributed by atoms with Gasteiger partial charge in [0.05, 0.1) is 11.0 Å². The van der Waals surface area contributed by atoms with Crippen LogP contribution in [0.25, 0.3) is 11.0 Å². The highest BCUT2D eigenvalue weighted by Gasteiger charge is 2.08. The zero-order valence-corrected chi connectivity index (χ0v) is 11.2. The van der Waals surface area contributed by atoms with Crippen molar-refractivity contribution in [3.63, 3.8) is 0 Å². The molecule has 2 aromatic carbocycles. The third kappa shape index (κ3) is 2.02. The molecule has 1 aromatic heterocycles. The number of aryl methyl sites for hydroxylation is 2. The van der Waals surface area contributed by atoms with Gasteiger partial charge >= 0.3 is 0 Å². The van der Waals surface area contributed by atoms with Crippen LogP contribution in [-0.4, -0.2) is 9.55 Å². The van der Waals surface area contributed by atoms with Gasteiger partial charge in [-0.15, -0.1) is 0 Å². The van der Waals surface area contributed by atoms with Gasteiger partial charge in [0.25, 0.3) is 0 Å². The second-order valence-corrected chi connectivity index (χ2v) is 5.40. The third-order valence-corrected chi connectivity index (χ3v) is 4.03. The summed E-state index contributed by atoms with van der Waals surface area (Å²) < 4.78 is 2.14. The van der Waals surface area contributed by atoms with E-state index in [2.05, 4.69) is 59.9 Å². The molecule has 2 nitrogen and oxygen atoms in total. The number of hydrogen-bond acceptors (Lipinski definition) is 2.